The Labute approximate surface area is 132 Å². The predicted molar refractivity (Wildman–Crippen MR) is 89.9 cm³/mol. The fraction of sp³-hybridized carbons (Fsp3) is 0.733. The third-order valence-corrected chi connectivity index (χ3v) is 4.98. The Bertz CT molecular complexity index is 466. The minimum absolute atomic E-state index is 0.653. The maximum Gasteiger partial charge on any atom is 0.194 e. The van der Waals surface area contributed by atoms with Crippen LogP contribution in [0.3, 0.4) is 0 Å². The lowest BCUT2D eigenvalue weighted by atomic mass is 10.2. The predicted octanol–water partition coefficient (Wildman–Crippen LogP) is 1.94. The molecule has 1 atom stereocenters. The molecule has 6 heteroatoms. The molecule has 1 aromatic heterocycles. The number of hydrogen-bond acceptors (Lipinski definition) is 4. The lowest BCUT2D eigenvalue weighted by Crippen LogP contribution is -2.43. The van der Waals surface area contributed by atoms with E-state index in [-0.39, 0.29) is 0 Å². The highest BCUT2D eigenvalue weighted by molar-refractivity contribution is 7.11. The fourth-order valence-electron chi connectivity index (χ4n) is 2.94. The first-order valence-corrected chi connectivity index (χ1v) is 8.60. The van der Waals surface area contributed by atoms with Crippen LogP contribution in [-0.2, 0) is 6.54 Å². The van der Waals surface area contributed by atoms with Crippen molar-refractivity contribution in [1.82, 2.24) is 20.1 Å². The Kier molecular flexibility index (Phi) is 5.99. The molecule has 1 unspecified atom stereocenters. The summed E-state index contributed by atoms with van der Waals surface area (Å²) in [4.78, 5) is 15.0. The molecule has 0 radical (unpaired) electrons. The quantitative estimate of drug-likeness (QED) is 0.667. The third kappa shape index (κ3) is 4.17. The smallest absolute Gasteiger partial charge is 0.194 e. The molecule has 0 aliphatic carbocycles. The summed E-state index contributed by atoms with van der Waals surface area (Å²) in [6.07, 6.45) is 3.15. The molecule has 0 saturated carbocycles. The summed E-state index contributed by atoms with van der Waals surface area (Å²) in [7, 11) is 1.86. The van der Waals surface area contributed by atoms with Crippen molar-refractivity contribution >= 4 is 17.3 Å². The Hall–Kier alpha value is -1.14. The molecular weight excluding hydrogens is 282 g/mol. The number of hydrogen-bond donors (Lipinski definition) is 1. The van der Waals surface area contributed by atoms with Crippen molar-refractivity contribution in [2.45, 2.75) is 39.8 Å². The highest BCUT2D eigenvalue weighted by Crippen LogP contribution is 2.16. The van der Waals surface area contributed by atoms with Crippen LogP contribution in [0.2, 0.25) is 0 Å². The zero-order valence-electron chi connectivity index (χ0n) is 13.6. The van der Waals surface area contributed by atoms with E-state index in [1.54, 1.807) is 11.3 Å². The fourth-order valence-corrected chi connectivity index (χ4v) is 3.67. The maximum atomic E-state index is 4.43. The van der Waals surface area contributed by atoms with Gasteiger partial charge in [0.15, 0.2) is 5.96 Å². The number of aryl methyl sites for hydroxylation is 1. The van der Waals surface area contributed by atoms with Crippen LogP contribution in [0.25, 0.3) is 0 Å². The molecule has 0 bridgehead atoms. The van der Waals surface area contributed by atoms with Gasteiger partial charge in [-0.15, -0.1) is 11.3 Å². The first-order chi connectivity index (χ1) is 10.2. The lowest BCUT2D eigenvalue weighted by molar-refractivity contribution is 0.223. The van der Waals surface area contributed by atoms with Gasteiger partial charge >= 0.3 is 0 Å². The van der Waals surface area contributed by atoms with Crippen LogP contribution in [0.1, 0.15) is 30.2 Å². The SMILES string of the molecule is CCN(CC)C1CCN(C(=NC)NCc2ncc(C)s2)C1. The van der Waals surface area contributed by atoms with Crippen LogP contribution in [0, 0.1) is 6.92 Å². The highest BCUT2D eigenvalue weighted by atomic mass is 32.1. The standard InChI is InChI=1S/C15H27N5S/c1-5-19(6-2)13-7-8-20(11-13)15(16-4)18-10-14-17-9-12(3)21-14/h9,13H,5-8,10-11H2,1-4H3,(H,16,18). The number of aliphatic imine (C=N–C) groups is 1. The highest BCUT2D eigenvalue weighted by Gasteiger charge is 2.27. The van der Waals surface area contributed by atoms with Gasteiger partial charge in [-0.05, 0) is 26.4 Å². The van der Waals surface area contributed by atoms with Gasteiger partial charge < -0.3 is 10.2 Å². The molecule has 1 fully saturated rings. The summed E-state index contributed by atoms with van der Waals surface area (Å²) < 4.78 is 0. The molecule has 1 aromatic rings. The number of likely N-dealkylation sites (N-methyl/N-ethyl adjacent to an activating group) is 1. The zero-order chi connectivity index (χ0) is 15.2. The van der Waals surface area contributed by atoms with E-state index in [1.165, 1.54) is 11.3 Å². The van der Waals surface area contributed by atoms with Gasteiger partial charge in [-0.3, -0.25) is 9.89 Å². The average molecular weight is 309 g/mol. The van der Waals surface area contributed by atoms with Gasteiger partial charge in [0, 0.05) is 37.3 Å². The van der Waals surface area contributed by atoms with Crippen LogP contribution in [0.15, 0.2) is 11.2 Å². The average Bonchev–Trinajstić information content (AvgIpc) is 3.11. The molecule has 1 aliphatic rings. The number of guanidine groups is 1. The number of nitrogens with zero attached hydrogens (tertiary/aromatic N) is 4. The molecule has 0 aromatic carbocycles. The molecule has 118 valence electrons. The van der Waals surface area contributed by atoms with Gasteiger partial charge in [0.1, 0.15) is 5.01 Å². The molecule has 1 aliphatic heterocycles. The molecular formula is C15H27N5S. The first-order valence-electron chi connectivity index (χ1n) is 7.78. The Morgan fingerprint density at radius 1 is 1.52 bits per heavy atom. The molecule has 1 saturated heterocycles. The zero-order valence-corrected chi connectivity index (χ0v) is 14.4. The van der Waals surface area contributed by atoms with E-state index in [9.17, 15) is 0 Å². The van der Waals surface area contributed by atoms with E-state index >= 15 is 0 Å². The summed E-state index contributed by atoms with van der Waals surface area (Å²) in [5.41, 5.74) is 0. The van der Waals surface area contributed by atoms with Crippen molar-refractivity contribution in [3.63, 3.8) is 0 Å². The van der Waals surface area contributed by atoms with Crippen molar-refractivity contribution in [3.8, 4) is 0 Å². The van der Waals surface area contributed by atoms with Gasteiger partial charge in [0.2, 0.25) is 0 Å². The second-order valence-electron chi connectivity index (χ2n) is 5.38. The molecule has 1 N–H and O–H groups in total. The Morgan fingerprint density at radius 3 is 2.86 bits per heavy atom. The second kappa shape index (κ2) is 7.75. The molecule has 21 heavy (non-hydrogen) atoms. The molecule has 0 spiro atoms. The number of aromatic nitrogens is 1. The van der Waals surface area contributed by atoms with Crippen molar-refractivity contribution in [3.05, 3.63) is 16.1 Å². The summed E-state index contributed by atoms with van der Waals surface area (Å²) in [5.74, 6) is 0.998. The van der Waals surface area contributed by atoms with Crippen LogP contribution in [-0.4, -0.2) is 60.0 Å². The van der Waals surface area contributed by atoms with Crippen LogP contribution in [0.5, 0.6) is 0 Å². The molecule has 5 nitrogen and oxygen atoms in total. The third-order valence-electron chi connectivity index (χ3n) is 4.07. The molecule has 2 heterocycles. The molecule has 0 amide bonds. The van der Waals surface area contributed by atoms with E-state index in [1.807, 2.05) is 13.2 Å². The number of thiazole rings is 1. The first kappa shape index (κ1) is 16.2. The Morgan fingerprint density at radius 2 is 2.29 bits per heavy atom. The summed E-state index contributed by atoms with van der Waals surface area (Å²) in [6, 6.07) is 0.653. The van der Waals surface area contributed by atoms with Gasteiger partial charge in [0.05, 0.1) is 6.54 Å². The minimum atomic E-state index is 0.653. The molecule has 2 rings (SSSR count). The van der Waals surface area contributed by atoms with E-state index in [0.717, 1.165) is 43.7 Å². The number of nitrogens with one attached hydrogen (secondary N) is 1. The number of likely N-dealkylation sites (tertiary alicyclic amines) is 1. The van der Waals surface area contributed by atoms with E-state index in [4.69, 9.17) is 0 Å². The van der Waals surface area contributed by atoms with Crippen molar-refractivity contribution in [1.29, 1.82) is 0 Å². The number of rotatable bonds is 5. The van der Waals surface area contributed by atoms with E-state index < -0.39 is 0 Å². The van der Waals surface area contributed by atoms with E-state index in [0.29, 0.717) is 6.04 Å². The van der Waals surface area contributed by atoms with Gasteiger partial charge in [0.25, 0.3) is 0 Å². The summed E-state index contributed by atoms with van der Waals surface area (Å²) in [5, 5.41) is 4.56. The van der Waals surface area contributed by atoms with Crippen LogP contribution < -0.4 is 5.32 Å². The summed E-state index contributed by atoms with van der Waals surface area (Å²) in [6.45, 7) is 11.7. The lowest BCUT2D eigenvalue weighted by Gasteiger charge is -2.27. The van der Waals surface area contributed by atoms with Crippen molar-refractivity contribution in [2.75, 3.05) is 33.2 Å². The maximum absolute atomic E-state index is 4.43. The monoisotopic (exact) mass is 309 g/mol. The topological polar surface area (TPSA) is 43.8 Å². The Balaban J connectivity index is 1.87. The second-order valence-corrected chi connectivity index (χ2v) is 6.69. The largest absolute Gasteiger partial charge is 0.350 e. The van der Waals surface area contributed by atoms with Gasteiger partial charge in [-0.2, -0.15) is 0 Å². The van der Waals surface area contributed by atoms with Gasteiger partial charge in [-0.1, -0.05) is 13.8 Å². The van der Waals surface area contributed by atoms with Crippen molar-refractivity contribution in [2.24, 2.45) is 4.99 Å². The normalized spacial score (nSPS) is 19.6. The van der Waals surface area contributed by atoms with Crippen LogP contribution in [0.4, 0.5) is 0 Å². The van der Waals surface area contributed by atoms with Crippen molar-refractivity contribution < 1.29 is 0 Å². The minimum Gasteiger partial charge on any atom is -0.350 e. The van der Waals surface area contributed by atoms with Gasteiger partial charge in [-0.25, -0.2) is 4.98 Å². The summed E-state index contributed by atoms with van der Waals surface area (Å²) >= 11 is 1.74. The van der Waals surface area contributed by atoms with Crippen LogP contribution >= 0.6 is 11.3 Å². The van der Waals surface area contributed by atoms with E-state index in [2.05, 4.69) is 45.9 Å².